The Hall–Kier alpha value is -2.54. The summed E-state index contributed by atoms with van der Waals surface area (Å²) in [5.41, 5.74) is 2.85. The highest BCUT2D eigenvalue weighted by Crippen LogP contribution is 2.41. The van der Waals surface area contributed by atoms with Gasteiger partial charge in [0.2, 0.25) is 0 Å². The summed E-state index contributed by atoms with van der Waals surface area (Å²) in [4.78, 5) is 2.48. The third-order valence-electron chi connectivity index (χ3n) is 5.00. The van der Waals surface area contributed by atoms with Crippen molar-refractivity contribution in [2.45, 2.75) is 37.8 Å². The third kappa shape index (κ3) is 1.86. The van der Waals surface area contributed by atoms with Crippen LogP contribution in [-0.4, -0.2) is 23.0 Å². The molecule has 2 aliphatic rings. The van der Waals surface area contributed by atoms with Crippen LogP contribution in [0.25, 0.3) is 10.8 Å². The van der Waals surface area contributed by atoms with E-state index < -0.39 is 0 Å². The van der Waals surface area contributed by atoms with Crippen LogP contribution in [0.5, 0.6) is 0 Å². The van der Waals surface area contributed by atoms with Gasteiger partial charge in [-0.1, -0.05) is 29.4 Å². The van der Waals surface area contributed by atoms with Gasteiger partial charge in [-0.3, -0.25) is 0 Å². The number of hydrogen-bond acceptors (Lipinski definition) is 4. The molecule has 2 atom stereocenters. The molecule has 0 aromatic heterocycles. The molecular weight excluding hydrogens is 274 g/mol. The molecule has 2 aromatic carbocycles. The third-order valence-corrected chi connectivity index (χ3v) is 5.00. The maximum Gasteiger partial charge on any atom is 0.0998 e. The number of nitriles is 1. The second kappa shape index (κ2) is 5.03. The number of fused-ring (bicyclic) bond motifs is 3. The monoisotopic (exact) mass is 291 g/mol. The van der Waals surface area contributed by atoms with E-state index in [2.05, 4.69) is 28.3 Å². The predicted molar refractivity (Wildman–Crippen MR) is 86.4 cm³/mol. The van der Waals surface area contributed by atoms with Crippen molar-refractivity contribution in [3.63, 3.8) is 0 Å². The molecule has 110 valence electrons. The minimum Gasteiger partial charge on any atom is -0.411 e. The Labute approximate surface area is 129 Å². The molecule has 2 heterocycles. The van der Waals surface area contributed by atoms with Gasteiger partial charge in [-0.25, -0.2) is 0 Å². The van der Waals surface area contributed by atoms with Gasteiger partial charge in [0.25, 0.3) is 0 Å². The van der Waals surface area contributed by atoms with E-state index >= 15 is 0 Å². The van der Waals surface area contributed by atoms with E-state index in [9.17, 15) is 5.26 Å². The molecule has 4 heteroatoms. The lowest BCUT2D eigenvalue weighted by Crippen LogP contribution is -2.43. The Morgan fingerprint density at radius 3 is 2.36 bits per heavy atom. The van der Waals surface area contributed by atoms with Crippen LogP contribution >= 0.6 is 0 Å². The van der Waals surface area contributed by atoms with Crippen LogP contribution in [0, 0.1) is 11.3 Å². The highest BCUT2D eigenvalue weighted by Gasteiger charge is 2.40. The van der Waals surface area contributed by atoms with Gasteiger partial charge in [0.05, 0.1) is 17.3 Å². The average molecular weight is 291 g/mol. The number of piperidine rings is 1. The lowest BCUT2D eigenvalue weighted by Gasteiger charge is -2.37. The van der Waals surface area contributed by atoms with Gasteiger partial charge < -0.3 is 10.1 Å². The minimum atomic E-state index is 0.404. The zero-order valence-electron chi connectivity index (χ0n) is 12.2. The first-order valence-electron chi connectivity index (χ1n) is 7.72. The Bertz CT molecular complexity index is 790. The molecule has 0 radical (unpaired) electrons. The van der Waals surface area contributed by atoms with Gasteiger partial charge in [-0.15, -0.1) is 0 Å². The zero-order valence-corrected chi connectivity index (χ0v) is 12.2. The normalized spacial score (nSPS) is 23.6. The standard InChI is InChI=1S/C18H17N3O/c19-11-12-5-8-18(17-4-2-1-3-16(12)17)21-14-6-7-15(21)10-13(9-14)20-22/h1-5,8,14-15,22H,6-7,9-10H2. The van der Waals surface area contributed by atoms with Gasteiger partial charge >= 0.3 is 0 Å². The van der Waals surface area contributed by atoms with E-state index in [1.165, 1.54) is 5.69 Å². The van der Waals surface area contributed by atoms with Gasteiger partial charge in [-0.2, -0.15) is 5.26 Å². The minimum absolute atomic E-state index is 0.404. The summed E-state index contributed by atoms with van der Waals surface area (Å²) in [6.45, 7) is 0. The summed E-state index contributed by atoms with van der Waals surface area (Å²) in [6.07, 6.45) is 3.94. The second-order valence-corrected chi connectivity index (χ2v) is 6.16. The summed E-state index contributed by atoms with van der Waals surface area (Å²) >= 11 is 0. The molecule has 0 amide bonds. The molecule has 4 nitrogen and oxygen atoms in total. The molecule has 4 rings (SSSR count). The summed E-state index contributed by atoms with van der Waals surface area (Å²) < 4.78 is 0. The summed E-state index contributed by atoms with van der Waals surface area (Å²) in [7, 11) is 0. The number of oxime groups is 1. The van der Waals surface area contributed by atoms with Crippen molar-refractivity contribution in [3.8, 4) is 6.07 Å². The van der Waals surface area contributed by atoms with Crippen LogP contribution in [0.1, 0.15) is 31.2 Å². The van der Waals surface area contributed by atoms with Gasteiger partial charge in [0.15, 0.2) is 0 Å². The number of nitrogens with zero attached hydrogens (tertiary/aromatic N) is 3. The Morgan fingerprint density at radius 1 is 1.05 bits per heavy atom. The average Bonchev–Trinajstić information content (AvgIpc) is 2.83. The van der Waals surface area contributed by atoms with E-state index in [-0.39, 0.29) is 0 Å². The fraction of sp³-hybridized carbons (Fsp3) is 0.333. The first-order valence-corrected chi connectivity index (χ1v) is 7.72. The maximum atomic E-state index is 9.31. The lowest BCUT2D eigenvalue weighted by molar-refractivity contribution is 0.313. The molecule has 2 aromatic rings. The molecule has 22 heavy (non-hydrogen) atoms. The van der Waals surface area contributed by atoms with Crippen LogP contribution in [0.4, 0.5) is 5.69 Å². The SMILES string of the molecule is N#Cc1ccc(N2C3CCC2CC(=NO)C3)c2ccccc12. The van der Waals surface area contributed by atoms with Crippen LogP contribution in [0.2, 0.25) is 0 Å². The van der Waals surface area contributed by atoms with E-state index in [0.29, 0.717) is 12.1 Å². The topological polar surface area (TPSA) is 59.6 Å². The summed E-state index contributed by atoms with van der Waals surface area (Å²) in [5.74, 6) is 0. The Morgan fingerprint density at radius 2 is 1.73 bits per heavy atom. The van der Waals surface area contributed by atoms with Crippen molar-refractivity contribution >= 4 is 22.2 Å². The molecule has 0 saturated carbocycles. The van der Waals surface area contributed by atoms with Crippen molar-refractivity contribution in [1.82, 2.24) is 0 Å². The molecule has 2 aliphatic heterocycles. The summed E-state index contributed by atoms with van der Waals surface area (Å²) in [6, 6.07) is 15.2. The highest BCUT2D eigenvalue weighted by atomic mass is 16.4. The quantitative estimate of drug-likeness (QED) is 0.644. The molecular formula is C18H17N3O. The van der Waals surface area contributed by atoms with Crippen molar-refractivity contribution in [2.75, 3.05) is 4.90 Å². The molecule has 2 saturated heterocycles. The van der Waals surface area contributed by atoms with Crippen molar-refractivity contribution < 1.29 is 5.21 Å². The maximum absolute atomic E-state index is 9.31. The Balaban J connectivity index is 1.85. The molecule has 1 N–H and O–H groups in total. The number of rotatable bonds is 1. The number of anilines is 1. The summed E-state index contributed by atoms with van der Waals surface area (Å²) in [5, 5.41) is 24.0. The lowest BCUT2D eigenvalue weighted by atomic mass is 9.96. The molecule has 2 bridgehead atoms. The molecule has 2 fully saturated rings. The van der Waals surface area contributed by atoms with E-state index in [1.807, 2.05) is 24.3 Å². The zero-order chi connectivity index (χ0) is 15.1. The number of hydrogen-bond donors (Lipinski definition) is 1. The smallest absolute Gasteiger partial charge is 0.0998 e. The van der Waals surface area contributed by atoms with E-state index in [0.717, 1.165) is 47.7 Å². The Kier molecular flexibility index (Phi) is 3.00. The largest absolute Gasteiger partial charge is 0.411 e. The van der Waals surface area contributed by atoms with E-state index in [4.69, 9.17) is 5.21 Å². The molecule has 0 aliphatic carbocycles. The van der Waals surface area contributed by atoms with Crippen LogP contribution in [0.3, 0.4) is 0 Å². The van der Waals surface area contributed by atoms with Gasteiger partial charge in [0.1, 0.15) is 0 Å². The molecule has 0 spiro atoms. The van der Waals surface area contributed by atoms with Crippen molar-refractivity contribution in [3.05, 3.63) is 42.0 Å². The van der Waals surface area contributed by atoms with Crippen LogP contribution in [0.15, 0.2) is 41.6 Å². The fourth-order valence-corrected chi connectivity index (χ4v) is 4.07. The number of benzene rings is 2. The second-order valence-electron chi connectivity index (χ2n) is 6.16. The first kappa shape index (κ1) is 13.1. The predicted octanol–water partition coefficient (Wildman–Crippen LogP) is 3.67. The molecule has 2 unspecified atom stereocenters. The van der Waals surface area contributed by atoms with Crippen LogP contribution < -0.4 is 4.90 Å². The van der Waals surface area contributed by atoms with Gasteiger partial charge in [0, 0.05) is 41.4 Å². The van der Waals surface area contributed by atoms with Crippen LogP contribution in [-0.2, 0) is 0 Å². The van der Waals surface area contributed by atoms with Crippen molar-refractivity contribution in [1.29, 1.82) is 5.26 Å². The fourth-order valence-electron chi connectivity index (χ4n) is 4.07. The van der Waals surface area contributed by atoms with E-state index in [1.54, 1.807) is 0 Å². The van der Waals surface area contributed by atoms with Gasteiger partial charge in [-0.05, 0) is 25.0 Å². The highest BCUT2D eigenvalue weighted by molar-refractivity contribution is 5.99. The van der Waals surface area contributed by atoms with Crippen molar-refractivity contribution in [2.24, 2.45) is 5.16 Å². The first-order chi connectivity index (χ1) is 10.8.